The zero-order valence-corrected chi connectivity index (χ0v) is 11.7. The van der Waals surface area contributed by atoms with E-state index < -0.39 is 0 Å². The minimum Gasteiger partial charge on any atom is -0.375 e. The Morgan fingerprint density at radius 2 is 2.00 bits per heavy atom. The Morgan fingerprint density at radius 3 is 2.85 bits per heavy atom. The molecular formula is C17H17N3. The van der Waals surface area contributed by atoms with E-state index >= 15 is 0 Å². The number of rotatable bonds is 1. The van der Waals surface area contributed by atoms with Crippen LogP contribution < -0.4 is 5.32 Å². The predicted molar refractivity (Wildman–Crippen MR) is 82.1 cm³/mol. The molecule has 1 aliphatic heterocycles. The van der Waals surface area contributed by atoms with Crippen molar-refractivity contribution in [2.75, 3.05) is 5.32 Å². The zero-order valence-electron chi connectivity index (χ0n) is 11.7. The van der Waals surface area contributed by atoms with Gasteiger partial charge in [-0.05, 0) is 42.7 Å². The monoisotopic (exact) mass is 263 g/mol. The fourth-order valence-corrected chi connectivity index (χ4v) is 3.12. The summed E-state index contributed by atoms with van der Waals surface area (Å²) in [7, 11) is 0. The molecule has 0 fully saturated rings. The summed E-state index contributed by atoms with van der Waals surface area (Å²) in [6, 6.07) is 13.1. The number of benzene rings is 2. The number of anilines is 1. The molecule has 0 amide bonds. The molecule has 4 rings (SSSR count). The molecule has 0 radical (unpaired) electrons. The summed E-state index contributed by atoms with van der Waals surface area (Å²) in [5, 5.41) is 3.55. The smallest absolute Gasteiger partial charge is 0.130 e. The van der Waals surface area contributed by atoms with E-state index in [-0.39, 0.29) is 6.04 Å². The van der Waals surface area contributed by atoms with Crippen LogP contribution in [0, 0.1) is 13.8 Å². The Bertz CT molecular complexity index is 776. The number of H-pyrrole nitrogens is 1. The minimum absolute atomic E-state index is 0.250. The fraction of sp³-hybridized carbons (Fsp3) is 0.235. The average Bonchev–Trinajstić information content (AvgIpc) is 3.01. The van der Waals surface area contributed by atoms with Gasteiger partial charge >= 0.3 is 0 Å². The first-order valence-electron chi connectivity index (χ1n) is 7.02. The van der Waals surface area contributed by atoms with Crippen molar-refractivity contribution in [2.45, 2.75) is 26.3 Å². The molecule has 1 aromatic heterocycles. The van der Waals surface area contributed by atoms with E-state index in [0.717, 1.165) is 23.3 Å². The van der Waals surface area contributed by atoms with Crippen molar-refractivity contribution in [3.05, 3.63) is 58.9 Å². The maximum atomic E-state index is 4.80. The normalized spacial score (nSPS) is 17.2. The summed E-state index contributed by atoms with van der Waals surface area (Å²) in [5.41, 5.74) is 7.32. The van der Waals surface area contributed by atoms with E-state index in [4.69, 9.17) is 4.98 Å². The number of hydrogen-bond acceptors (Lipinski definition) is 2. The van der Waals surface area contributed by atoms with Crippen LogP contribution in [0.1, 0.15) is 28.6 Å². The molecule has 2 N–H and O–H groups in total. The standard InChI is InChI=1S/C17H17N3/c1-10-7-11(2)16-14(8-10)19-17(20-16)15-9-12-5-3-4-6-13(12)18-15/h3-8,15,18H,9H2,1-2H3,(H,19,20). The Hall–Kier alpha value is -2.29. The second-order valence-electron chi connectivity index (χ2n) is 5.66. The van der Waals surface area contributed by atoms with Gasteiger partial charge in [0.2, 0.25) is 0 Å². The molecule has 3 heteroatoms. The van der Waals surface area contributed by atoms with Crippen LogP contribution in [-0.2, 0) is 6.42 Å². The third kappa shape index (κ3) is 1.70. The van der Waals surface area contributed by atoms with Crippen molar-refractivity contribution in [1.82, 2.24) is 9.97 Å². The number of hydrogen-bond donors (Lipinski definition) is 2. The maximum Gasteiger partial charge on any atom is 0.130 e. The second kappa shape index (κ2) is 4.10. The summed E-state index contributed by atoms with van der Waals surface area (Å²) >= 11 is 0. The first-order chi connectivity index (χ1) is 9.70. The third-order valence-electron chi connectivity index (χ3n) is 4.04. The van der Waals surface area contributed by atoms with Crippen molar-refractivity contribution in [3.63, 3.8) is 0 Å². The molecule has 1 unspecified atom stereocenters. The van der Waals surface area contributed by atoms with Crippen LogP contribution in [0.25, 0.3) is 11.0 Å². The van der Waals surface area contributed by atoms with Crippen LogP contribution in [0.2, 0.25) is 0 Å². The molecule has 20 heavy (non-hydrogen) atoms. The lowest BCUT2D eigenvalue weighted by molar-refractivity contribution is 0.767. The van der Waals surface area contributed by atoms with Gasteiger partial charge in [0, 0.05) is 12.1 Å². The van der Waals surface area contributed by atoms with Crippen LogP contribution in [0.15, 0.2) is 36.4 Å². The quantitative estimate of drug-likeness (QED) is 0.699. The number of fused-ring (bicyclic) bond motifs is 2. The largest absolute Gasteiger partial charge is 0.375 e. The van der Waals surface area contributed by atoms with E-state index in [1.165, 1.54) is 22.4 Å². The lowest BCUT2D eigenvalue weighted by Gasteiger charge is -2.06. The fourth-order valence-electron chi connectivity index (χ4n) is 3.12. The van der Waals surface area contributed by atoms with Crippen molar-refractivity contribution in [2.24, 2.45) is 0 Å². The number of aromatic amines is 1. The van der Waals surface area contributed by atoms with Crippen LogP contribution in [0.4, 0.5) is 5.69 Å². The highest BCUT2D eigenvalue weighted by Gasteiger charge is 2.24. The van der Waals surface area contributed by atoms with Gasteiger partial charge in [0.1, 0.15) is 5.82 Å². The van der Waals surface area contributed by atoms with Gasteiger partial charge in [0.05, 0.1) is 17.1 Å². The summed E-state index contributed by atoms with van der Waals surface area (Å²) < 4.78 is 0. The number of aryl methyl sites for hydroxylation is 2. The van der Waals surface area contributed by atoms with E-state index in [2.05, 4.69) is 60.5 Å². The van der Waals surface area contributed by atoms with Crippen LogP contribution in [0.3, 0.4) is 0 Å². The first kappa shape index (κ1) is 11.5. The molecule has 0 spiro atoms. The minimum atomic E-state index is 0.250. The number of para-hydroxylation sites is 1. The Balaban J connectivity index is 1.76. The van der Waals surface area contributed by atoms with E-state index in [0.29, 0.717) is 0 Å². The molecule has 2 aromatic carbocycles. The van der Waals surface area contributed by atoms with E-state index in [9.17, 15) is 0 Å². The molecule has 0 saturated carbocycles. The molecule has 0 bridgehead atoms. The molecule has 3 aromatic rings. The molecule has 3 nitrogen and oxygen atoms in total. The van der Waals surface area contributed by atoms with Gasteiger partial charge in [-0.15, -0.1) is 0 Å². The topological polar surface area (TPSA) is 40.7 Å². The summed E-state index contributed by atoms with van der Waals surface area (Å²) in [6.45, 7) is 4.24. The van der Waals surface area contributed by atoms with Gasteiger partial charge < -0.3 is 10.3 Å². The SMILES string of the molecule is Cc1cc(C)c2nc(C3Cc4ccccc4N3)[nH]c2c1. The van der Waals surface area contributed by atoms with Gasteiger partial charge in [-0.3, -0.25) is 0 Å². The lowest BCUT2D eigenvalue weighted by Crippen LogP contribution is -2.07. The third-order valence-corrected chi connectivity index (χ3v) is 4.04. The number of nitrogens with zero attached hydrogens (tertiary/aromatic N) is 1. The van der Waals surface area contributed by atoms with Crippen molar-refractivity contribution in [3.8, 4) is 0 Å². The Morgan fingerprint density at radius 1 is 1.15 bits per heavy atom. The molecule has 1 atom stereocenters. The van der Waals surface area contributed by atoms with Crippen molar-refractivity contribution in [1.29, 1.82) is 0 Å². The molecule has 0 aliphatic carbocycles. The second-order valence-corrected chi connectivity index (χ2v) is 5.66. The molecule has 100 valence electrons. The van der Waals surface area contributed by atoms with Crippen LogP contribution >= 0.6 is 0 Å². The number of imidazole rings is 1. The maximum absolute atomic E-state index is 4.80. The highest BCUT2D eigenvalue weighted by molar-refractivity contribution is 5.79. The van der Waals surface area contributed by atoms with Gasteiger partial charge in [-0.25, -0.2) is 4.98 Å². The molecule has 0 saturated heterocycles. The van der Waals surface area contributed by atoms with Crippen LogP contribution in [-0.4, -0.2) is 9.97 Å². The summed E-state index contributed by atoms with van der Waals surface area (Å²) in [4.78, 5) is 8.28. The number of nitrogens with one attached hydrogen (secondary N) is 2. The van der Waals surface area contributed by atoms with Crippen LogP contribution in [0.5, 0.6) is 0 Å². The van der Waals surface area contributed by atoms with E-state index in [1.54, 1.807) is 0 Å². The zero-order chi connectivity index (χ0) is 13.7. The highest BCUT2D eigenvalue weighted by Crippen LogP contribution is 2.33. The molecular weight excluding hydrogens is 246 g/mol. The molecule has 1 aliphatic rings. The highest BCUT2D eigenvalue weighted by atomic mass is 15.0. The van der Waals surface area contributed by atoms with Crippen molar-refractivity contribution < 1.29 is 0 Å². The summed E-state index contributed by atoms with van der Waals surface area (Å²) in [5.74, 6) is 1.03. The van der Waals surface area contributed by atoms with Gasteiger partial charge in [0.15, 0.2) is 0 Å². The Labute approximate surface area is 118 Å². The van der Waals surface area contributed by atoms with Gasteiger partial charge in [-0.1, -0.05) is 24.3 Å². The average molecular weight is 263 g/mol. The van der Waals surface area contributed by atoms with E-state index in [1.807, 2.05) is 0 Å². The summed E-state index contributed by atoms with van der Waals surface area (Å²) in [6.07, 6.45) is 0.994. The first-order valence-corrected chi connectivity index (χ1v) is 7.02. The lowest BCUT2D eigenvalue weighted by atomic mass is 10.1. The van der Waals surface area contributed by atoms with Gasteiger partial charge in [-0.2, -0.15) is 0 Å². The van der Waals surface area contributed by atoms with Gasteiger partial charge in [0.25, 0.3) is 0 Å². The number of aromatic nitrogens is 2. The molecule has 2 heterocycles. The predicted octanol–water partition coefficient (Wildman–Crippen LogP) is 3.89. The van der Waals surface area contributed by atoms with Crippen molar-refractivity contribution >= 4 is 16.7 Å². The Kier molecular flexibility index (Phi) is 2.36.